The minimum Gasteiger partial charge on any atom is -0.464 e. The van der Waals surface area contributed by atoms with Gasteiger partial charge in [0.15, 0.2) is 0 Å². The van der Waals surface area contributed by atoms with Gasteiger partial charge in [-0.3, -0.25) is 4.90 Å². The Hall–Kier alpha value is -1.36. The molecule has 1 aromatic carbocycles. The van der Waals surface area contributed by atoms with Crippen LogP contribution in [0.5, 0.6) is 0 Å². The van der Waals surface area contributed by atoms with E-state index in [9.17, 15) is 0 Å². The molecule has 0 aliphatic rings. The molecule has 19 heavy (non-hydrogen) atoms. The van der Waals surface area contributed by atoms with Gasteiger partial charge < -0.3 is 14.9 Å². The molecule has 0 spiro atoms. The number of fused-ring (bicyclic) bond motifs is 1. The third-order valence-corrected chi connectivity index (χ3v) is 3.52. The minimum atomic E-state index is 0.170. The van der Waals surface area contributed by atoms with Crippen molar-refractivity contribution >= 4 is 11.0 Å². The second kappa shape index (κ2) is 6.70. The van der Waals surface area contributed by atoms with E-state index in [2.05, 4.69) is 17.9 Å². The van der Waals surface area contributed by atoms with Crippen LogP contribution in [0.2, 0.25) is 0 Å². The normalized spacial score (nSPS) is 13.3. The van der Waals surface area contributed by atoms with Crippen LogP contribution in [0.25, 0.3) is 11.0 Å². The van der Waals surface area contributed by atoms with Gasteiger partial charge in [0.05, 0.1) is 18.9 Å². The number of hydrogen-bond acceptors (Lipinski definition) is 4. The highest BCUT2D eigenvalue weighted by Gasteiger charge is 2.21. The first kappa shape index (κ1) is 14.1. The van der Waals surface area contributed by atoms with Gasteiger partial charge in [-0.05, 0) is 12.6 Å². The number of methoxy groups -OCH3 is 1. The lowest BCUT2D eigenvalue weighted by Crippen LogP contribution is -2.35. The number of furan rings is 1. The van der Waals surface area contributed by atoms with E-state index in [4.69, 9.17) is 14.9 Å². The first-order valence-electron chi connectivity index (χ1n) is 6.71. The molecule has 2 N–H and O–H groups in total. The number of nitrogens with two attached hydrogens (primary N) is 1. The fraction of sp³-hybridized carbons (Fsp3) is 0.467. The fourth-order valence-corrected chi connectivity index (χ4v) is 2.47. The van der Waals surface area contributed by atoms with Crippen LogP contribution in [0.4, 0.5) is 0 Å². The Morgan fingerprint density at radius 1 is 1.37 bits per heavy atom. The fourth-order valence-electron chi connectivity index (χ4n) is 2.47. The van der Waals surface area contributed by atoms with Gasteiger partial charge in [0, 0.05) is 31.1 Å². The Kier molecular flexibility index (Phi) is 4.96. The molecule has 0 saturated carbocycles. The molecule has 1 aromatic heterocycles. The maximum absolute atomic E-state index is 5.98. The summed E-state index contributed by atoms with van der Waals surface area (Å²) >= 11 is 0. The van der Waals surface area contributed by atoms with E-state index in [1.54, 1.807) is 7.11 Å². The molecule has 0 fully saturated rings. The quantitative estimate of drug-likeness (QED) is 0.832. The molecule has 4 nitrogen and oxygen atoms in total. The van der Waals surface area contributed by atoms with Crippen LogP contribution in [0.15, 0.2) is 34.9 Å². The third-order valence-electron chi connectivity index (χ3n) is 3.52. The Balaban J connectivity index is 2.29. The molecule has 2 rings (SSSR count). The SMILES string of the molecule is CCN(CCOC)C(CN)c1coc2ccccc12. The highest BCUT2D eigenvalue weighted by atomic mass is 16.5. The molecule has 0 bridgehead atoms. The van der Waals surface area contributed by atoms with E-state index in [-0.39, 0.29) is 6.04 Å². The van der Waals surface area contributed by atoms with Gasteiger partial charge in [-0.15, -0.1) is 0 Å². The number of para-hydroxylation sites is 1. The molecule has 1 heterocycles. The smallest absolute Gasteiger partial charge is 0.134 e. The highest BCUT2D eigenvalue weighted by Crippen LogP contribution is 2.29. The summed E-state index contributed by atoms with van der Waals surface area (Å²) in [5.41, 5.74) is 8.06. The van der Waals surface area contributed by atoms with E-state index in [1.807, 2.05) is 24.5 Å². The number of benzene rings is 1. The molecule has 2 aromatic rings. The number of likely N-dealkylation sites (N-methyl/N-ethyl adjacent to an activating group) is 1. The van der Waals surface area contributed by atoms with Gasteiger partial charge >= 0.3 is 0 Å². The monoisotopic (exact) mass is 262 g/mol. The van der Waals surface area contributed by atoms with Crippen LogP contribution < -0.4 is 5.73 Å². The van der Waals surface area contributed by atoms with Crippen molar-refractivity contribution in [2.45, 2.75) is 13.0 Å². The van der Waals surface area contributed by atoms with Gasteiger partial charge in [-0.25, -0.2) is 0 Å². The van der Waals surface area contributed by atoms with Crippen LogP contribution in [0.1, 0.15) is 18.5 Å². The van der Waals surface area contributed by atoms with Crippen LogP contribution in [0.3, 0.4) is 0 Å². The van der Waals surface area contributed by atoms with Crippen molar-refractivity contribution in [3.05, 3.63) is 36.1 Å². The van der Waals surface area contributed by atoms with E-state index >= 15 is 0 Å². The summed E-state index contributed by atoms with van der Waals surface area (Å²) in [6, 6.07) is 8.25. The summed E-state index contributed by atoms with van der Waals surface area (Å²) in [6.07, 6.45) is 1.83. The van der Waals surface area contributed by atoms with Crippen molar-refractivity contribution in [1.29, 1.82) is 0 Å². The van der Waals surface area contributed by atoms with Crippen molar-refractivity contribution in [3.8, 4) is 0 Å². The zero-order valence-electron chi connectivity index (χ0n) is 11.6. The molecule has 0 saturated heterocycles. The molecule has 104 valence electrons. The van der Waals surface area contributed by atoms with Gasteiger partial charge in [-0.1, -0.05) is 25.1 Å². The first-order chi connectivity index (χ1) is 9.31. The Morgan fingerprint density at radius 3 is 2.84 bits per heavy atom. The summed E-state index contributed by atoms with van der Waals surface area (Å²) in [6.45, 7) is 5.22. The lowest BCUT2D eigenvalue weighted by Gasteiger charge is -2.29. The number of rotatable bonds is 7. The number of hydrogen-bond donors (Lipinski definition) is 1. The van der Waals surface area contributed by atoms with Crippen molar-refractivity contribution in [2.24, 2.45) is 5.73 Å². The maximum Gasteiger partial charge on any atom is 0.134 e. The topological polar surface area (TPSA) is 51.6 Å². The lowest BCUT2D eigenvalue weighted by atomic mass is 10.0. The maximum atomic E-state index is 5.98. The van der Waals surface area contributed by atoms with Gasteiger partial charge in [0.25, 0.3) is 0 Å². The van der Waals surface area contributed by atoms with Gasteiger partial charge in [0.2, 0.25) is 0 Å². The van der Waals surface area contributed by atoms with Crippen molar-refractivity contribution < 1.29 is 9.15 Å². The van der Waals surface area contributed by atoms with Crippen molar-refractivity contribution in [2.75, 3.05) is 33.4 Å². The Morgan fingerprint density at radius 2 is 2.16 bits per heavy atom. The summed E-state index contributed by atoms with van der Waals surface area (Å²) in [7, 11) is 1.72. The first-order valence-corrected chi connectivity index (χ1v) is 6.71. The van der Waals surface area contributed by atoms with E-state index < -0.39 is 0 Å². The number of nitrogens with zero attached hydrogens (tertiary/aromatic N) is 1. The Labute approximate surface area is 114 Å². The number of ether oxygens (including phenoxy) is 1. The average Bonchev–Trinajstić information content (AvgIpc) is 2.87. The zero-order valence-corrected chi connectivity index (χ0v) is 11.6. The minimum absolute atomic E-state index is 0.170. The molecule has 4 heteroatoms. The summed E-state index contributed by atoms with van der Waals surface area (Å²) in [5.74, 6) is 0. The highest BCUT2D eigenvalue weighted by molar-refractivity contribution is 5.81. The molecular formula is C15H22N2O2. The second-order valence-corrected chi connectivity index (χ2v) is 4.56. The van der Waals surface area contributed by atoms with Crippen LogP contribution in [0, 0.1) is 0 Å². The predicted octanol–water partition coefficient (Wildman–Crippen LogP) is 2.40. The Bertz CT molecular complexity index is 510. The molecule has 0 amide bonds. The summed E-state index contributed by atoms with van der Waals surface area (Å²) < 4.78 is 10.8. The molecule has 1 atom stereocenters. The van der Waals surface area contributed by atoms with Crippen molar-refractivity contribution in [3.63, 3.8) is 0 Å². The van der Waals surface area contributed by atoms with Gasteiger partial charge in [0.1, 0.15) is 5.58 Å². The average molecular weight is 262 g/mol. The van der Waals surface area contributed by atoms with Crippen molar-refractivity contribution in [1.82, 2.24) is 4.90 Å². The molecular weight excluding hydrogens is 240 g/mol. The molecule has 0 aliphatic heterocycles. The molecule has 1 unspecified atom stereocenters. The largest absolute Gasteiger partial charge is 0.464 e. The summed E-state index contributed by atoms with van der Waals surface area (Å²) in [4.78, 5) is 2.32. The van der Waals surface area contributed by atoms with Gasteiger partial charge in [-0.2, -0.15) is 0 Å². The summed E-state index contributed by atoms with van der Waals surface area (Å²) in [5, 5.41) is 1.15. The van der Waals surface area contributed by atoms with Crippen LogP contribution in [-0.2, 0) is 4.74 Å². The standard InChI is InChI=1S/C15H22N2O2/c1-3-17(8-9-18-2)14(10-16)13-11-19-15-7-5-4-6-12(13)15/h4-7,11,14H,3,8-10,16H2,1-2H3. The molecule has 0 radical (unpaired) electrons. The van der Waals surface area contributed by atoms with E-state index in [0.717, 1.165) is 29.6 Å². The molecule has 0 aliphatic carbocycles. The predicted molar refractivity (Wildman–Crippen MR) is 77.1 cm³/mol. The van der Waals surface area contributed by atoms with E-state index in [1.165, 1.54) is 0 Å². The van der Waals surface area contributed by atoms with Crippen LogP contribution >= 0.6 is 0 Å². The van der Waals surface area contributed by atoms with E-state index in [0.29, 0.717) is 13.2 Å². The van der Waals surface area contributed by atoms with Crippen LogP contribution in [-0.4, -0.2) is 38.3 Å². The lowest BCUT2D eigenvalue weighted by molar-refractivity contribution is 0.126. The third kappa shape index (κ3) is 2.97. The zero-order chi connectivity index (χ0) is 13.7. The second-order valence-electron chi connectivity index (χ2n) is 4.56.